The SMILES string of the molecule is O=C(O)CCC1(CCC(=O)O)CCCC1(CCC(=O)O)CCC(=O)O. The lowest BCUT2D eigenvalue weighted by molar-refractivity contribution is -0.143. The third-order valence-corrected chi connectivity index (χ3v) is 5.71. The summed E-state index contributed by atoms with van der Waals surface area (Å²) in [5, 5.41) is 36.3. The number of aliphatic carboxylic acids is 4. The fourth-order valence-electron chi connectivity index (χ4n) is 4.49. The standard InChI is InChI=1S/C17H26O8/c18-12(19)2-8-16(9-3-13(20)21)6-1-7-17(16,10-4-14(22)23)11-5-15(24)25/h1-11H2,(H,18,19)(H,20,21)(H,22,23)(H,24,25). The number of hydrogen-bond donors (Lipinski definition) is 4. The van der Waals surface area contributed by atoms with Gasteiger partial charge in [0, 0.05) is 25.7 Å². The maximum Gasteiger partial charge on any atom is 0.303 e. The van der Waals surface area contributed by atoms with Crippen molar-refractivity contribution in [2.45, 2.75) is 70.6 Å². The summed E-state index contributed by atoms with van der Waals surface area (Å²) in [4.78, 5) is 44.3. The Bertz CT molecular complexity index is 443. The van der Waals surface area contributed by atoms with Crippen molar-refractivity contribution in [3.8, 4) is 0 Å². The molecule has 0 aromatic rings. The molecule has 1 fully saturated rings. The maximum atomic E-state index is 11.1. The van der Waals surface area contributed by atoms with Gasteiger partial charge in [0.2, 0.25) is 0 Å². The normalized spacial score (nSPS) is 17.9. The fraction of sp³-hybridized carbons (Fsp3) is 0.765. The van der Waals surface area contributed by atoms with Crippen molar-refractivity contribution in [3.63, 3.8) is 0 Å². The largest absolute Gasteiger partial charge is 0.481 e. The van der Waals surface area contributed by atoms with E-state index in [1.165, 1.54) is 0 Å². The van der Waals surface area contributed by atoms with E-state index in [9.17, 15) is 19.2 Å². The van der Waals surface area contributed by atoms with Gasteiger partial charge in [0.25, 0.3) is 0 Å². The first-order chi connectivity index (χ1) is 11.6. The van der Waals surface area contributed by atoms with Crippen LogP contribution in [0.2, 0.25) is 0 Å². The number of carbonyl (C=O) groups is 4. The van der Waals surface area contributed by atoms with Gasteiger partial charge in [0.1, 0.15) is 0 Å². The van der Waals surface area contributed by atoms with Gasteiger partial charge in [-0.15, -0.1) is 0 Å². The van der Waals surface area contributed by atoms with Crippen molar-refractivity contribution in [1.82, 2.24) is 0 Å². The van der Waals surface area contributed by atoms with Gasteiger partial charge in [0.15, 0.2) is 0 Å². The van der Waals surface area contributed by atoms with Crippen molar-refractivity contribution >= 4 is 23.9 Å². The lowest BCUT2D eigenvalue weighted by Gasteiger charge is -2.47. The van der Waals surface area contributed by atoms with E-state index in [1.807, 2.05) is 0 Å². The molecule has 0 spiro atoms. The molecule has 8 heteroatoms. The van der Waals surface area contributed by atoms with Gasteiger partial charge in [0.05, 0.1) is 0 Å². The molecule has 0 unspecified atom stereocenters. The molecule has 8 nitrogen and oxygen atoms in total. The highest BCUT2D eigenvalue weighted by atomic mass is 16.4. The summed E-state index contributed by atoms with van der Waals surface area (Å²) in [6, 6.07) is 0. The molecule has 0 heterocycles. The lowest BCUT2D eigenvalue weighted by atomic mass is 9.57. The molecule has 0 aromatic heterocycles. The average Bonchev–Trinajstić information content (AvgIpc) is 2.86. The number of carboxylic acid groups (broad SMARTS) is 4. The van der Waals surface area contributed by atoms with Crippen LogP contribution in [0.25, 0.3) is 0 Å². The van der Waals surface area contributed by atoms with E-state index >= 15 is 0 Å². The number of rotatable bonds is 12. The van der Waals surface area contributed by atoms with Crippen molar-refractivity contribution in [2.24, 2.45) is 10.8 Å². The Hall–Kier alpha value is -2.12. The monoisotopic (exact) mass is 358 g/mol. The molecule has 4 N–H and O–H groups in total. The molecule has 0 radical (unpaired) electrons. The van der Waals surface area contributed by atoms with Crippen molar-refractivity contribution in [1.29, 1.82) is 0 Å². The van der Waals surface area contributed by atoms with E-state index in [0.29, 0.717) is 12.8 Å². The predicted molar refractivity (Wildman–Crippen MR) is 86.2 cm³/mol. The van der Waals surface area contributed by atoms with Crippen LogP contribution in [-0.2, 0) is 19.2 Å². The van der Waals surface area contributed by atoms with Gasteiger partial charge in [-0.1, -0.05) is 6.42 Å². The average molecular weight is 358 g/mol. The van der Waals surface area contributed by atoms with Crippen LogP contribution in [0.3, 0.4) is 0 Å². The summed E-state index contributed by atoms with van der Waals surface area (Å²) < 4.78 is 0. The van der Waals surface area contributed by atoms with E-state index in [0.717, 1.165) is 6.42 Å². The smallest absolute Gasteiger partial charge is 0.303 e. The van der Waals surface area contributed by atoms with Crippen molar-refractivity contribution < 1.29 is 39.6 Å². The molecule has 142 valence electrons. The first kappa shape index (κ1) is 20.9. The van der Waals surface area contributed by atoms with E-state index in [-0.39, 0.29) is 51.4 Å². The summed E-state index contributed by atoms with van der Waals surface area (Å²) in [7, 11) is 0. The van der Waals surface area contributed by atoms with Gasteiger partial charge in [-0.3, -0.25) is 19.2 Å². The van der Waals surface area contributed by atoms with E-state index in [2.05, 4.69) is 0 Å². The summed E-state index contributed by atoms with van der Waals surface area (Å²) in [5.41, 5.74) is -1.29. The Morgan fingerprint density at radius 1 is 0.560 bits per heavy atom. The minimum Gasteiger partial charge on any atom is -0.481 e. The van der Waals surface area contributed by atoms with Crippen molar-refractivity contribution in [3.05, 3.63) is 0 Å². The van der Waals surface area contributed by atoms with E-state index in [4.69, 9.17) is 20.4 Å². The second-order valence-corrected chi connectivity index (χ2v) is 6.99. The highest BCUT2D eigenvalue weighted by molar-refractivity contribution is 5.68. The third-order valence-electron chi connectivity index (χ3n) is 5.71. The third kappa shape index (κ3) is 5.72. The molecule has 0 atom stereocenters. The molecule has 1 rings (SSSR count). The summed E-state index contributed by atoms with van der Waals surface area (Å²) >= 11 is 0. The Kier molecular flexibility index (Phi) is 7.38. The minimum atomic E-state index is -0.994. The lowest BCUT2D eigenvalue weighted by Crippen LogP contribution is -2.39. The zero-order chi connectivity index (χ0) is 19.1. The molecule has 0 amide bonds. The molecule has 0 aromatic carbocycles. The molecule has 0 aliphatic heterocycles. The minimum absolute atomic E-state index is 0.137. The van der Waals surface area contributed by atoms with Gasteiger partial charge in [-0.05, 0) is 49.4 Å². The Labute approximate surface area is 145 Å². The van der Waals surface area contributed by atoms with E-state index in [1.54, 1.807) is 0 Å². The molecule has 1 aliphatic carbocycles. The summed E-state index contributed by atoms with van der Waals surface area (Å²) in [6.07, 6.45) is 2.36. The van der Waals surface area contributed by atoms with Crippen LogP contribution in [0, 0.1) is 10.8 Å². The number of hydrogen-bond acceptors (Lipinski definition) is 4. The summed E-state index contributed by atoms with van der Waals surface area (Å²) in [5.74, 6) is -3.97. The van der Waals surface area contributed by atoms with Gasteiger partial charge in [-0.25, -0.2) is 0 Å². The van der Waals surface area contributed by atoms with E-state index < -0.39 is 34.7 Å². The van der Waals surface area contributed by atoms with Crippen LogP contribution in [0.15, 0.2) is 0 Å². The molecule has 1 saturated carbocycles. The maximum absolute atomic E-state index is 11.1. The Morgan fingerprint density at radius 3 is 1.00 bits per heavy atom. The van der Waals surface area contributed by atoms with Gasteiger partial charge in [-0.2, -0.15) is 0 Å². The Balaban J connectivity index is 3.17. The highest BCUT2D eigenvalue weighted by Crippen LogP contribution is 2.62. The van der Waals surface area contributed by atoms with Crippen LogP contribution >= 0.6 is 0 Å². The molecule has 25 heavy (non-hydrogen) atoms. The molecule has 0 bridgehead atoms. The predicted octanol–water partition coefficient (Wildman–Crippen LogP) is 2.60. The van der Waals surface area contributed by atoms with Gasteiger partial charge < -0.3 is 20.4 Å². The van der Waals surface area contributed by atoms with Crippen LogP contribution in [0.4, 0.5) is 0 Å². The first-order valence-corrected chi connectivity index (χ1v) is 8.50. The zero-order valence-electron chi connectivity index (χ0n) is 14.2. The van der Waals surface area contributed by atoms with Gasteiger partial charge >= 0.3 is 23.9 Å². The second-order valence-electron chi connectivity index (χ2n) is 6.99. The first-order valence-electron chi connectivity index (χ1n) is 8.50. The fourth-order valence-corrected chi connectivity index (χ4v) is 4.49. The van der Waals surface area contributed by atoms with Crippen LogP contribution in [0.5, 0.6) is 0 Å². The zero-order valence-corrected chi connectivity index (χ0v) is 14.2. The molecular weight excluding hydrogens is 332 g/mol. The second kappa shape index (κ2) is 8.82. The topological polar surface area (TPSA) is 149 Å². The Morgan fingerprint density at radius 2 is 0.800 bits per heavy atom. The quantitative estimate of drug-likeness (QED) is 0.416. The molecular formula is C17H26O8. The van der Waals surface area contributed by atoms with Crippen molar-refractivity contribution in [2.75, 3.05) is 0 Å². The van der Waals surface area contributed by atoms with Crippen LogP contribution < -0.4 is 0 Å². The molecule has 0 saturated heterocycles. The summed E-state index contributed by atoms with van der Waals surface area (Å²) in [6.45, 7) is 0. The van der Waals surface area contributed by atoms with Crippen LogP contribution in [0.1, 0.15) is 70.6 Å². The highest BCUT2D eigenvalue weighted by Gasteiger charge is 2.53. The van der Waals surface area contributed by atoms with Crippen LogP contribution in [-0.4, -0.2) is 44.3 Å². The number of carboxylic acids is 4. The molecule has 1 aliphatic rings.